The molecule has 0 bridgehead atoms. The standard InChI is InChI=1S/C19H25ClFN3O2S2/c20-16-11-18(28(25,26)13-19-23-6-9-27-19)17(21)10-14(16)4-2-1-3-7-24-8-5-15(22)12-24/h6,9-11,15H,1-5,7-8,12-13,22H2/t15-/m1/s1. The van der Waals surface area contributed by atoms with E-state index < -0.39 is 15.7 Å². The lowest BCUT2D eigenvalue weighted by molar-refractivity contribution is 0.324. The summed E-state index contributed by atoms with van der Waals surface area (Å²) in [5, 5.41) is 2.42. The molecule has 1 aliphatic heterocycles. The van der Waals surface area contributed by atoms with Crippen LogP contribution in [0.5, 0.6) is 0 Å². The van der Waals surface area contributed by atoms with Gasteiger partial charge in [0.2, 0.25) is 0 Å². The van der Waals surface area contributed by atoms with Crippen LogP contribution in [-0.4, -0.2) is 44.0 Å². The summed E-state index contributed by atoms with van der Waals surface area (Å²) in [4.78, 5) is 5.98. The van der Waals surface area contributed by atoms with Crippen molar-refractivity contribution in [2.45, 2.75) is 48.8 Å². The van der Waals surface area contributed by atoms with Gasteiger partial charge in [-0.2, -0.15) is 0 Å². The second-order valence-electron chi connectivity index (χ2n) is 7.22. The van der Waals surface area contributed by atoms with E-state index in [4.69, 9.17) is 17.3 Å². The number of nitrogens with two attached hydrogens (primary N) is 1. The number of hydrogen-bond acceptors (Lipinski definition) is 6. The Morgan fingerprint density at radius 2 is 2.14 bits per heavy atom. The van der Waals surface area contributed by atoms with Crippen molar-refractivity contribution in [3.8, 4) is 0 Å². The lowest BCUT2D eigenvalue weighted by Gasteiger charge is -2.14. The number of rotatable bonds is 9. The summed E-state index contributed by atoms with van der Waals surface area (Å²) in [6.45, 7) is 3.06. The molecule has 154 valence electrons. The second kappa shape index (κ2) is 9.63. The SMILES string of the molecule is N[C@@H]1CCN(CCCCCc2cc(F)c(S(=O)(=O)Cc3nccs3)cc2Cl)C1. The first-order valence-corrected chi connectivity index (χ1v) is 12.3. The van der Waals surface area contributed by atoms with Crippen molar-refractivity contribution in [1.82, 2.24) is 9.88 Å². The largest absolute Gasteiger partial charge is 0.326 e. The number of thiazole rings is 1. The van der Waals surface area contributed by atoms with Gasteiger partial charge in [-0.25, -0.2) is 17.8 Å². The number of aryl methyl sites for hydroxylation is 1. The molecule has 1 aliphatic rings. The minimum Gasteiger partial charge on any atom is -0.326 e. The highest BCUT2D eigenvalue weighted by atomic mass is 35.5. The number of unbranched alkanes of at least 4 members (excludes halogenated alkanes) is 2. The zero-order valence-electron chi connectivity index (χ0n) is 15.6. The maximum absolute atomic E-state index is 14.5. The number of aromatic nitrogens is 1. The van der Waals surface area contributed by atoms with Crippen LogP contribution in [0.15, 0.2) is 28.6 Å². The van der Waals surface area contributed by atoms with Gasteiger partial charge >= 0.3 is 0 Å². The molecule has 2 heterocycles. The Morgan fingerprint density at radius 3 is 2.82 bits per heavy atom. The van der Waals surface area contributed by atoms with Crippen molar-refractivity contribution in [2.75, 3.05) is 19.6 Å². The maximum Gasteiger partial charge on any atom is 0.187 e. The number of halogens is 2. The Morgan fingerprint density at radius 1 is 1.32 bits per heavy atom. The molecule has 0 saturated carbocycles. The third-order valence-corrected chi connectivity index (χ3v) is 7.91. The Balaban J connectivity index is 1.54. The Labute approximate surface area is 174 Å². The Kier molecular flexibility index (Phi) is 7.44. The van der Waals surface area contributed by atoms with Gasteiger partial charge in [-0.3, -0.25) is 0 Å². The molecule has 2 N–H and O–H groups in total. The van der Waals surface area contributed by atoms with Crippen molar-refractivity contribution in [3.05, 3.63) is 45.1 Å². The van der Waals surface area contributed by atoms with Crippen LogP contribution in [0.2, 0.25) is 5.02 Å². The van der Waals surface area contributed by atoms with Crippen molar-refractivity contribution in [1.29, 1.82) is 0 Å². The summed E-state index contributed by atoms with van der Waals surface area (Å²) in [6, 6.07) is 2.80. The van der Waals surface area contributed by atoms with Gasteiger partial charge in [-0.1, -0.05) is 18.0 Å². The van der Waals surface area contributed by atoms with Crippen LogP contribution in [0.3, 0.4) is 0 Å². The predicted molar refractivity (Wildman–Crippen MR) is 111 cm³/mol. The molecule has 0 aliphatic carbocycles. The van der Waals surface area contributed by atoms with Gasteiger partial charge in [-0.15, -0.1) is 11.3 Å². The molecule has 0 radical (unpaired) electrons. The van der Waals surface area contributed by atoms with Gasteiger partial charge < -0.3 is 10.6 Å². The fourth-order valence-electron chi connectivity index (χ4n) is 3.46. The first-order chi connectivity index (χ1) is 13.3. The minimum atomic E-state index is -3.82. The molecule has 28 heavy (non-hydrogen) atoms. The first-order valence-electron chi connectivity index (χ1n) is 9.42. The van der Waals surface area contributed by atoms with E-state index in [-0.39, 0.29) is 10.6 Å². The lowest BCUT2D eigenvalue weighted by atomic mass is 10.1. The van der Waals surface area contributed by atoms with E-state index in [9.17, 15) is 12.8 Å². The number of sulfone groups is 1. The summed E-state index contributed by atoms with van der Waals surface area (Å²) >= 11 is 7.48. The Hall–Kier alpha value is -1.06. The third kappa shape index (κ3) is 5.73. The average molecular weight is 446 g/mol. The summed E-state index contributed by atoms with van der Waals surface area (Å²) in [7, 11) is -3.82. The van der Waals surface area contributed by atoms with Crippen LogP contribution >= 0.6 is 22.9 Å². The molecule has 1 saturated heterocycles. The zero-order valence-corrected chi connectivity index (χ0v) is 18.0. The van der Waals surface area contributed by atoms with Crippen LogP contribution in [0.1, 0.15) is 36.3 Å². The van der Waals surface area contributed by atoms with Crippen molar-refractivity contribution in [3.63, 3.8) is 0 Å². The molecular formula is C19H25ClFN3O2S2. The average Bonchev–Trinajstić information content (AvgIpc) is 3.28. The molecule has 3 rings (SSSR count). The summed E-state index contributed by atoms with van der Waals surface area (Å²) < 4.78 is 39.5. The van der Waals surface area contributed by atoms with Crippen LogP contribution in [0.4, 0.5) is 4.39 Å². The Bertz CT molecular complexity index is 891. The predicted octanol–water partition coefficient (Wildman–Crippen LogP) is 3.66. The molecule has 1 aromatic heterocycles. The van der Waals surface area contributed by atoms with Gasteiger partial charge in [0.05, 0.1) is 0 Å². The number of benzene rings is 1. The molecule has 0 unspecified atom stereocenters. The van der Waals surface area contributed by atoms with E-state index in [0.717, 1.165) is 45.3 Å². The summed E-state index contributed by atoms with van der Waals surface area (Å²) in [5.74, 6) is -1.07. The van der Waals surface area contributed by atoms with Crippen molar-refractivity contribution < 1.29 is 12.8 Å². The van der Waals surface area contributed by atoms with E-state index in [1.54, 1.807) is 5.38 Å². The van der Waals surface area contributed by atoms with Crippen LogP contribution in [-0.2, 0) is 22.0 Å². The van der Waals surface area contributed by atoms with Gasteiger partial charge in [0.25, 0.3) is 0 Å². The number of nitrogens with zero attached hydrogens (tertiary/aromatic N) is 2. The molecule has 0 spiro atoms. The fraction of sp³-hybridized carbons (Fsp3) is 0.526. The van der Waals surface area contributed by atoms with E-state index in [1.807, 2.05) is 0 Å². The fourth-order valence-corrected chi connectivity index (χ4v) is 6.13. The monoisotopic (exact) mass is 445 g/mol. The van der Waals surface area contributed by atoms with E-state index in [1.165, 1.54) is 29.7 Å². The maximum atomic E-state index is 14.5. The van der Waals surface area contributed by atoms with E-state index in [2.05, 4.69) is 9.88 Å². The minimum absolute atomic E-state index is 0.296. The van der Waals surface area contributed by atoms with Gasteiger partial charge in [0.1, 0.15) is 21.5 Å². The van der Waals surface area contributed by atoms with Gasteiger partial charge in [-0.05, 0) is 56.5 Å². The van der Waals surface area contributed by atoms with Gasteiger partial charge in [0, 0.05) is 29.2 Å². The summed E-state index contributed by atoms with van der Waals surface area (Å²) in [5.41, 5.74) is 6.55. The lowest BCUT2D eigenvalue weighted by Crippen LogP contribution is -2.27. The van der Waals surface area contributed by atoms with E-state index in [0.29, 0.717) is 28.1 Å². The van der Waals surface area contributed by atoms with Gasteiger partial charge in [0.15, 0.2) is 9.84 Å². The normalized spacial score (nSPS) is 18.0. The highest BCUT2D eigenvalue weighted by molar-refractivity contribution is 7.90. The highest BCUT2D eigenvalue weighted by Gasteiger charge is 2.23. The molecular weight excluding hydrogens is 421 g/mol. The number of hydrogen-bond donors (Lipinski definition) is 1. The summed E-state index contributed by atoms with van der Waals surface area (Å²) in [6.07, 6.45) is 6.17. The molecule has 1 atom stereocenters. The highest BCUT2D eigenvalue weighted by Crippen LogP contribution is 2.28. The molecule has 1 aromatic carbocycles. The zero-order chi connectivity index (χ0) is 20.1. The quantitative estimate of drug-likeness (QED) is 0.596. The first kappa shape index (κ1) is 21.6. The van der Waals surface area contributed by atoms with Crippen molar-refractivity contribution >= 4 is 32.8 Å². The molecule has 2 aromatic rings. The van der Waals surface area contributed by atoms with Crippen LogP contribution < -0.4 is 5.73 Å². The second-order valence-corrected chi connectivity index (χ2v) is 10.6. The van der Waals surface area contributed by atoms with E-state index >= 15 is 0 Å². The number of likely N-dealkylation sites (tertiary alicyclic amines) is 1. The van der Waals surface area contributed by atoms with Crippen molar-refractivity contribution in [2.24, 2.45) is 5.73 Å². The molecule has 1 fully saturated rings. The molecule has 0 amide bonds. The van der Waals surface area contributed by atoms with Crippen LogP contribution in [0, 0.1) is 5.82 Å². The van der Waals surface area contributed by atoms with Crippen LogP contribution in [0.25, 0.3) is 0 Å². The topological polar surface area (TPSA) is 76.3 Å². The smallest absolute Gasteiger partial charge is 0.187 e. The molecule has 9 heteroatoms. The third-order valence-electron chi connectivity index (χ3n) is 4.96. The molecule has 5 nitrogen and oxygen atoms in total.